The van der Waals surface area contributed by atoms with Crippen molar-refractivity contribution >= 4 is 17.4 Å². The molecule has 1 aliphatic heterocycles. The van der Waals surface area contributed by atoms with E-state index in [4.69, 9.17) is 10.5 Å². The summed E-state index contributed by atoms with van der Waals surface area (Å²) in [6, 6.07) is 1.90. The third kappa shape index (κ3) is 2.96. The zero-order chi connectivity index (χ0) is 13.8. The Morgan fingerprint density at radius 3 is 2.74 bits per heavy atom. The van der Waals surface area contributed by atoms with Crippen LogP contribution in [0.4, 0.5) is 11.5 Å². The Kier molecular flexibility index (Phi) is 4.21. The summed E-state index contributed by atoms with van der Waals surface area (Å²) in [5.41, 5.74) is 7.80. The molecule has 0 aromatic carbocycles. The minimum Gasteiger partial charge on any atom is -0.396 e. The molecule has 0 atom stereocenters. The molecule has 2 rings (SSSR count). The Bertz CT molecular complexity index is 456. The monoisotopic (exact) mass is 264 g/mol. The van der Waals surface area contributed by atoms with E-state index in [-0.39, 0.29) is 12.5 Å². The lowest BCUT2D eigenvalue weighted by atomic mass is 10.2. The van der Waals surface area contributed by atoms with Gasteiger partial charge in [-0.15, -0.1) is 0 Å². The van der Waals surface area contributed by atoms with Crippen molar-refractivity contribution < 1.29 is 9.53 Å². The fourth-order valence-corrected chi connectivity index (χ4v) is 2.19. The van der Waals surface area contributed by atoms with Gasteiger partial charge in [0.05, 0.1) is 5.69 Å². The van der Waals surface area contributed by atoms with Gasteiger partial charge in [0.15, 0.2) is 5.82 Å². The number of hydrogen-bond acceptors (Lipinski definition) is 5. The van der Waals surface area contributed by atoms with Gasteiger partial charge >= 0.3 is 0 Å². The lowest BCUT2D eigenvalue weighted by Crippen LogP contribution is -2.50. The van der Waals surface area contributed by atoms with Crippen molar-refractivity contribution in [2.24, 2.45) is 0 Å². The van der Waals surface area contributed by atoms with Gasteiger partial charge in [-0.3, -0.25) is 4.79 Å². The number of nitrogens with zero attached hydrogens (tertiary/aromatic N) is 3. The van der Waals surface area contributed by atoms with Gasteiger partial charge in [0.25, 0.3) is 0 Å². The van der Waals surface area contributed by atoms with Crippen LogP contribution in [0.1, 0.15) is 5.56 Å². The van der Waals surface area contributed by atoms with Gasteiger partial charge in [-0.25, -0.2) is 4.98 Å². The van der Waals surface area contributed by atoms with E-state index in [9.17, 15) is 4.79 Å². The van der Waals surface area contributed by atoms with E-state index in [1.165, 1.54) is 7.11 Å². The van der Waals surface area contributed by atoms with E-state index in [1.54, 1.807) is 6.20 Å². The average Bonchev–Trinajstić information content (AvgIpc) is 2.42. The number of amides is 1. The van der Waals surface area contributed by atoms with Crippen LogP contribution in [0, 0.1) is 6.92 Å². The van der Waals surface area contributed by atoms with Gasteiger partial charge in [-0.1, -0.05) is 0 Å². The van der Waals surface area contributed by atoms with Gasteiger partial charge in [0, 0.05) is 39.5 Å². The number of methoxy groups -OCH3 is 1. The van der Waals surface area contributed by atoms with Crippen LogP contribution in [0.25, 0.3) is 0 Å². The van der Waals surface area contributed by atoms with Crippen LogP contribution in [0.5, 0.6) is 0 Å². The van der Waals surface area contributed by atoms with Crippen molar-refractivity contribution in [3.63, 3.8) is 0 Å². The molecule has 2 N–H and O–H groups in total. The predicted octanol–water partition coefficient (Wildman–Crippen LogP) is 0.267. The quantitative estimate of drug-likeness (QED) is 0.848. The first-order valence-corrected chi connectivity index (χ1v) is 6.36. The number of carbonyl (C=O) groups excluding carboxylic acids is 1. The second-order valence-corrected chi connectivity index (χ2v) is 4.67. The van der Waals surface area contributed by atoms with E-state index < -0.39 is 0 Å². The molecule has 0 unspecified atom stereocenters. The molecule has 1 aromatic rings. The second-order valence-electron chi connectivity index (χ2n) is 4.67. The average molecular weight is 264 g/mol. The molecule has 1 amide bonds. The van der Waals surface area contributed by atoms with Crippen molar-refractivity contribution in [3.8, 4) is 0 Å². The molecule has 0 bridgehead atoms. The summed E-state index contributed by atoms with van der Waals surface area (Å²) in [4.78, 5) is 20.0. The van der Waals surface area contributed by atoms with E-state index in [1.807, 2.05) is 17.9 Å². The highest BCUT2D eigenvalue weighted by Gasteiger charge is 2.22. The molecule has 6 nitrogen and oxygen atoms in total. The van der Waals surface area contributed by atoms with Crippen LogP contribution >= 0.6 is 0 Å². The maximum Gasteiger partial charge on any atom is 0.248 e. The minimum absolute atomic E-state index is 0.0346. The van der Waals surface area contributed by atoms with E-state index >= 15 is 0 Å². The molecule has 1 saturated heterocycles. The summed E-state index contributed by atoms with van der Waals surface area (Å²) in [5.74, 6) is 0.853. The van der Waals surface area contributed by atoms with Crippen LogP contribution in [-0.4, -0.2) is 55.7 Å². The molecule has 6 heteroatoms. The number of piperazine rings is 1. The van der Waals surface area contributed by atoms with Gasteiger partial charge in [-0.05, 0) is 18.6 Å². The first kappa shape index (κ1) is 13.6. The second kappa shape index (κ2) is 5.88. The molecule has 0 saturated carbocycles. The Balaban J connectivity index is 2.00. The van der Waals surface area contributed by atoms with Crippen LogP contribution in [-0.2, 0) is 9.53 Å². The normalized spacial score (nSPS) is 15.7. The number of aromatic nitrogens is 1. The van der Waals surface area contributed by atoms with Crippen molar-refractivity contribution in [2.45, 2.75) is 6.92 Å². The summed E-state index contributed by atoms with van der Waals surface area (Å²) in [6.07, 6.45) is 1.77. The lowest BCUT2D eigenvalue weighted by Gasteiger charge is -2.35. The summed E-state index contributed by atoms with van der Waals surface area (Å²) in [7, 11) is 1.53. The highest BCUT2D eigenvalue weighted by Crippen LogP contribution is 2.24. The first-order valence-electron chi connectivity index (χ1n) is 6.36. The van der Waals surface area contributed by atoms with Gasteiger partial charge in [0.1, 0.15) is 6.61 Å². The third-order valence-electron chi connectivity index (χ3n) is 3.39. The molecule has 19 heavy (non-hydrogen) atoms. The number of rotatable bonds is 3. The number of ether oxygens (including phenoxy) is 1. The zero-order valence-corrected chi connectivity index (χ0v) is 11.4. The molecular formula is C13H20N4O2. The Labute approximate surface area is 113 Å². The van der Waals surface area contributed by atoms with Crippen LogP contribution < -0.4 is 10.6 Å². The maximum absolute atomic E-state index is 11.7. The summed E-state index contributed by atoms with van der Waals surface area (Å²) < 4.78 is 4.87. The van der Waals surface area contributed by atoms with Gasteiger partial charge in [0.2, 0.25) is 5.91 Å². The molecule has 1 aromatic heterocycles. The standard InChI is InChI=1S/C13H20N4O2/c1-10-3-4-15-13(12(10)14)17-7-5-16(6-8-17)11(18)9-19-2/h3-4H,5-9,14H2,1-2H3. The fraction of sp³-hybridized carbons (Fsp3) is 0.538. The molecule has 1 fully saturated rings. The number of carbonyl (C=O) groups is 1. The molecule has 104 valence electrons. The Morgan fingerprint density at radius 2 is 2.11 bits per heavy atom. The number of nitrogens with two attached hydrogens (primary N) is 1. The molecular weight excluding hydrogens is 244 g/mol. The van der Waals surface area contributed by atoms with Crippen molar-refractivity contribution in [3.05, 3.63) is 17.8 Å². The van der Waals surface area contributed by atoms with Crippen LogP contribution in [0.3, 0.4) is 0 Å². The predicted molar refractivity (Wildman–Crippen MR) is 74.1 cm³/mol. The van der Waals surface area contributed by atoms with Crippen molar-refractivity contribution in [2.75, 3.05) is 50.5 Å². The molecule has 2 heterocycles. The van der Waals surface area contributed by atoms with Crippen molar-refractivity contribution in [1.29, 1.82) is 0 Å². The Hall–Kier alpha value is -1.82. The molecule has 0 spiro atoms. The van der Waals surface area contributed by atoms with Gasteiger partial charge in [-0.2, -0.15) is 0 Å². The largest absolute Gasteiger partial charge is 0.396 e. The highest BCUT2D eigenvalue weighted by atomic mass is 16.5. The third-order valence-corrected chi connectivity index (χ3v) is 3.39. The smallest absolute Gasteiger partial charge is 0.248 e. The number of nitrogen functional groups attached to an aromatic ring is 1. The summed E-state index contributed by atoms with van der Waals surface area (Å²) in [6.45, 7) is 4.96. The van der Waals surface area contributed by atoms with Crippen LogP contribution in [0.15, 0.2) is 12.3 Å². The Morgan fingerprint density at radius 1 is 1.42 bits per heavy atom. The molecule has 1 aliphatic rings. The molecule has 0 aliphatic carbocycles. The van der Waals surface area contributed by atoms with Gasteiger partial charge < -0.3 is 20.3 Å². The van der Waals surface area contributed by atoms with E-state index in [0.29, 0.717) is 13.1 Å². The summed E-state index contributed by atoms with van der Waals surface area (Å²) >= 11 is 0. The first-order chi connectivity index (χ1) is 9.13. The SMILES string of the molecule is COCC(=O)N1CCN(c2nccc(C)c2N)CC1. The van der Waals surface area contributed by atoms with Crippen molar-refractivity contribution in [1.82, 2.24) is 9.88 Å². The zero-order valence-electron chi connectivity index (χ0n) is 11.4. The summed E-state index contributed by atoms with van der Waals surface area (Å²) in [5, 5.41) is 0. The van der Waals surface area contributed by atoms with E-state index in [2.05, 4.69) is 9.88 Å². The molecule has 0 radical (unpaired) electrons. The van der Waals surface area contributed by atoms with Crippen LogP contribution in [0.2, 0.25) is 0 Å². The maximum atomic E-state index is 11.7. The number of aryl methyl sites for hydroxylation is 1. The lowest BCUT2D eigenvalue weighted by molar-refractivity contribution is -0.135. The minimum atomic E-state index is 0.0346. The van der Waals surface area contributed by atoms with E-state index in [0.717, 1.165) is 30.2 Å². The number of hydrogen-bond donors (Lipinski definition) is 1. The number of anilines is 2. The number of pyridine rings is 1. The fourth-order valence-electron chi connectivity index (χ4n) is 2.19. The highest BCUT2D eigenvalue weighted by molar-refractivity contribution is 5.78. The topological polar surface area (TPSA) is 71.7 Å².